The maximum atomic E-state index is 12.9. The molecule has 2 aromatic carbocycles. The molecule has 0 bridgehead atoms. The number of amides is 1. The van der Waals surface area contributed by atoms with Crippen molar-refractivity contribution in [2.24, 2.45) is 5.92 Å². The van der Waals surface area contributed by atoms with E-state index >= 15 is 0 Å². The lowest BCUT2D eigenvalue weighted by Crippen LogP contribution is -2.68. The Kier molecular flexibility index (Phi) is 7.09. The van der Waals surface area contributed by atoms with E-state index in [2.05, 4.69) is 16.3 Å². The molecule has 3 aliphatic rings. The molecule has 1 saturated heterocycles. The second-order valence-electron chi connectivity index (χ2n) is 10.8. The minimum absolute atomic E-state index is 0.0352. The highest BCUT2D eigenvalue weighted by atomic mass is 16.5. The molecule has 2 aromatic rings. The van der Waals surface area contributed by atoms with Gasteiger partial charge in [0.25, 0.3) is 0 Å². The van der Waals surface area contributed by atoms with E-state index in [0.717, 1.165) is 68.1 Å². The number of fused-ring (bicyclic) bond motifs is 1. The van der Waals surface area contributed by atoms with Gasteiger partial charge in [-0.15, -0.1) is 0 Å². The van der Waals surface area contributed by atoms with Gasteiger partial charge in [0.1, 0.15) is 11.5 Å². The predicted octanol–water partition coefficient (Wildman–Crippen LogP) is 4.52. The molecule has 0 unspecified atom stereocenters. The average molecular weight is 491 g/mol. The third-order valence-corrected chi connectivity index (χ3v) is 8.57. The molecule has 1 heterocycles. The zero-order chi connectivity index (χ0) is 25.2. The van der Waals surface area contributed by atoms with Gasteiger partial charge in [0.2, 0.25) is 5.91 Å². The van der Waals surface area contributed by atoms with Crippen LogP contribution in [-0.2, 0) is 14.9 Å². The lowest BCUT2D eigenvalue weighted by molar-refractivity contribution is -0.150. The lowest BCUT2D eigenvalue weighted by Gasteiger charge is -2.60. The van der Waals surface area contributed by atoms with Crippen molar-refractivity contribution in [3.63, 3.8) is 0 Å². The SMILES string of the molecule is COc1cccc(C=CC(=O)N[C@H]2CC[C@]3(OC)CN(CC4CC4)CC[C@@]3(c3cccc(O)c3)C2)c1. The number of ether oxygens (including phenoxy) is 2. The van der Waals surface area contributed by atoms with E-state index in [1.54, 1.807) is 19.3 Å². The third kappa shape index (κ3) is 5.02. The first-order valence-corrected chi connectivity index (χ1v) is 13.1. The summed E-state index contributed by atoms with van der Waals surface area (Å²) in [7, 11) is 3.48. The molecule has 0 spiro atoms. The molecule has 2 aliphatic carbocycles. The van der Waals surface area contributed by atoms with Crippen LogP contribution in [0.15, 0.2) is 54.6 Å². The number of likely N-dealkylation sites (tertiary alicyclic amines) is 1. The normalized spacial score (nSPS) is 28.6. The number of hydrogen-bond acceptors (Lipinski definition) is 5. The first-order valence-electron chi connectivity index (χ1n) is 13.1. The number of phenols is 1. The molecule has 36 heavy (non-hydrogen) atoms. The summed E-state index contributed by atoms with van der Waals surface area (Å²) in [6.07, 6.45) is 9.57. The summed E-state index contributed by atoms with van der Waals surface area (Å²) >= 11 is 0. The minimum atomic E-state index is -0.342. The van der Waals surface area contributed by atoms with E-state index < -0.39 is 0 Å². The largest absolute Gasteiger partial charge is 0.508 e. The van der Waals surface area contributed by atoms with Gasteiger partial charge >= 0.3 is 0 Å². The molecule has 2 N–H and O–H groups in total. The third-order valence-electron chi connectivity index (χ3n) is 8.57. The fourth-order valence-electron chi connectivity index (χ4n) is 6.51. The molecule has 1 aliphatic heterocycles. The fraction of sp³-hybridized carbons (Fsp3) is 0.500. The van der Waals surface area contributed by atoms with Crippen molar-refractivity contribution in [3.8, 4) is 11.5 Å². The van der Waals surface area contributed by atoms with Gasteiger partial charge in [-0.1, -0.05) is 24.3 Å². The zero-order valence-corrected chi connectivity index (χ0v) is 21.4. The van der Waals surface area contributed by atoms with Crippen molar-refractivity contribution >= 4 is 12.0 Å². The number of carbonyl (C=O) groups excluding carboxylic acids is 1. The summed E-state index contributed by atoms with van der Waals surface area (Å²) in [5.74, 6) is 1.78. The van der Waals surface area contributed by atoms with Crippen LogP contribution in [0.1, 0.15) is 49.7 Å². The van der Waals surface area contributed by atoms with Crippen LogP contribution < -0.4 is 10.1 Å². The molecule has 2 saturated carbocycles. The summed E-state index contributed by atoms with van der Waals surface area (Å²) in [6, 6.07) is 15.4. The number of aromatic hydroxyl groups is 1. The number of benzene rings is 2. The second kappa shape index (κ2) is 10.3. The minimum Gasteiger partial charge on any atom is -0.508 e. The Bertz CT molecular complexity index is 1110. The molecule has 0 aromatic heterocycles. The van der Waals surface area contributed by atoms with Crippen molar-refractivity contribution in [3.05, 3.63) is 65.7 Å². The van der Waals surface area contributed by atoms with E-state index in [1.165, 1.54) is 12.8 Å². The lowest BCUT2D eigenvalue weighted by atomic mass is 9.55. The van der Waals surface area contributed by atoms with Gasteiger partial charge in [-0.25, -0.2) is 0 Å². The number of carbonyl (C=O) groups is 1. The number of piperidine rings is 1. The smallest absolute Gasteiger partial charge is 0.244 e. The van der Waals surface area contributed by atoms with Crippen LogP contribution in [0, 0.1) is 5.92 Å². The highest BCUT2D eigenvalue weighted by molar-refractivity contribution is 5.92. The van der Waals surface area contributed by atoms with Gasteiger partial charge in [0, 0.05) is 37.7 Å². The van der Waals surface area contributed by atoms with Gasteiger partial charge in [0.15, 0.2) is 0 Å². The van der Waals surface area contributed by atoms with Crippen molar-refractivity contribution in [1.82, 2.24) is 10.2 Å². The average Bonchev–Trinajstić information content (AvgIpc) is 3.71. The van der Waals surface area contributed by atoms with Crippen molar-refractivity contribution < 1.29 is 19.4 Å². The van der Waals surface area contributed by atoms with Crippen molar-refractivity contribution in [2.45, 2.75) is 55.6 Å². The van der Waals surface area contributed by atoms with Crippen molar-refractivity contribution in [1.29, 1.82) is 0 Å². The standard InChI is InChI=1S/C30H38N2O4/c1-35-27-8-3-5-22(17-27)11-12-28(34)31-25-13-14-30(36-2)21-32(20-23-9-10-23)16-15-29(30,19-25)24-6-4-7-26(33)18-24/h3-8,11-12,17-18,23,25,33H,9-10,13-16,19-21H2,1-2H3,(H,31,34)/t25-,29-,30-/m0/s1. The molecule has 3 fully saturated rings. The predicted molar refractivity (Wildman–Crippen MR) is 141 cm³/mol. The number of nitrogens with zero attached hydrogens (tertiary/aromatic N) is 1. The monoisotopic (exact) mass is 490 g/mol. The van der Waals surface area contributed by atoms with E-state index in [4.69, 9.17) is 9.47 Å². The first kappa shape index (κ1) is 24.8. The summed E-state index contributed by atoms with van der Waals surface area (Å²) in [6.45, 7) is 3.05. The number of rotatable bonds is 8. The van der Waals surface area contributed by atoms with Crippen LogP contribution in [0.2, 0.25) is 0 Å². The highest BCUT2D eigenvalue weighted by Crippen LogP contribution is 2.54. The van der Waals surface area contributed by atoms with Gasteiger partial charge in [-0.05, 0) is 92.5 Å². The number of hydrogen-bond donors (Lipinski definition) is 2. The van der Waals surface area contributed by atoms with E-state index in [0.29, 0.717) is 0 Å². The molecule has 3 atom stereocenters. The Morgan fingerprint density at radius 2 is 1.97 bits per heavy atom. The number of methoxy groups -OCH3 is 2. The van der Waals surface area contributed by atoms with Crippen LogP contribution >= 0.6 is 0 Å². The highest BCUT2D eigenvalue weighted by Gasteiger charge is 2.59. The Hall–Kier alpha value is -2.83. The van der Waals surface area contributed by atoms with E-state index in [1.807, 2.05) is 49.6 Å². The number of nitrogens with one attached hydrogen (secondary N) is 1. The molecule has 6 heteroatoms. The second-order valence-corrected chi connectivity index (χ2v) is 10.8. The van der Waals surface area contributed by atoms with Crippen LogP contribution in [0.25, 0.3) is 6.08 Å². The van der Waals surface area contributed by atoms with Crippen LogP contribution in [-0.4, -0.2) is 61.4 Å². The molecular weight excluding hydrogens is 452 g/mol. The summed E-state index contributed by atoms with van der Waals surface area (Å²) < 4.78 is 11.7. The van der Waals surface area contributed by atoms with Gasteiger partial charge in [0.05, 0.1) is 12.7 Å². The Morgan fingerprint density at radius 1 is 1.14 bits per heavy atom. The van der Waals surface area contributed by atoms with Gasteiger partial charge in [-0.2, -0.15) is 0 Å². The van der Waals surface area contributed by atoms with Crippen molar-refractivity contribution in [2.75, 3.05) is 33.9 Å². The summed E-state index contributed by atoms with van der Waals surface area (Å²) in [5, 5.41) is 13.6. The topological polar surface area (TPSA) is 71.0 Å². The fourth-order valence-corrected chi connectivity index (χ4v) is 6.51. The Labute approximate surface area is 214 Å². The molecule has 0 radical (unpaired) electrons. The maximum absolute atomic E-state index is 12.9. The zero-order valence-electron chi connectivity index (χ0n) is 21.4. The maximum Gasteiger partial charge on any atom is 0.244 e. The number of phenolic OH excluding ortho intramolecular Hbond substituents is 1. The van der Waals surface area contributed by atoms with Crippen LogP contribution in [0.4, 0.5) is 0 Å². The van der Waals surface area contributed by atoms with Gasteiger partial charge < -0.3 is 24.8 Å². The molecular formula is C30H38N2O4. The van der Waals surface area contributed by atoms with E-state index in [-0.39, 0.29) is 28.7 Å². The van der Waals surface area contributed by atoms with Crippen LogP contribution in [0.3, 0.4) is 0 Å². The summed E-state index contributed by atoms with van der Waals surface area (Å²) in [4.78, 5) is 15.5. The summed E-state index contributed by atoms with van der Waals surface area (Å²) in [5.41, 5.74) is 1.42. The molecule has 192 valence electrons. The quantitative estimate of drug-likeness (QED) is 0.533. The molecule has 1 amide bonds. The Morgan fingerprint density at radius 3 is 2.72 bits per heavy atom. The van der Waals surface area contributed by atoms with E-state index in [9.17, 15) is 9.90 Å². The van der Waals surface area contributed by atoms with Crippen LogP contribution in [0.5, 0.6) is 11.5 Å². The molecule has 5 rings (SSSR count). The first-order chi connectivity index (χ1) is 17.4. The Balaban J connectivity index is 1.36. The van der Waals surface area contributed by atoms with Gasteiger partial charge in [-0.3, -0.25) is 4.79 Å². The molecule has 6 nitrogen and oxygen atoms in total.